The van der Waals surface area contributed by atoms with Crippen molar-refractivity contribution in [2.45, 2.75) is 31.9 Å². The number of ether oxygens (including phenoxy) is 1. The summed E-state index contributed by atoms with van der Waals surface area (Å²) in [5, 5.41) is 3.47. The number of nitrogens with zero attached hydrogens (tertiary/aromatic N) is 1. The summed E-state index contributed by atoms with van der Waals surface area (Å²) in [4.78, 5) is 2.57. The van der Waals surface area contributed by atoms with E-state index < -0.39 is 0 Å². The molecular formula is C15H23N3O. The van der Waals surface area contributed by atoms with Gasteiger partial charge < -0.3 is 15.8 Å². The molecule has 3 rings (SSSR count). The minimum atomic E-state index is 0.287. The van der Waals surface area contributed by atoms with Crippen molar-refractivity contribution in [2.24, 2.45) is 0 Å². The van der Waals surface area contributed by atoms with Crippen molar-refractivity contribution in [3.63, 3.8) is 0 Å². The third kappa shape index (κ3) is 2.85. The zero-order valence-corrected chi connectivity index (χ0v) is 11.6. The Balaban J connectivity index is 1.56. The lowest BCUT2D eigenvalue weighted by atomic mass is 10.1. The number of aryl methyl sites for hydroxylation is 1. The molecular weight excluding hydrogens is 238 g/mol. The number of morpholine rings is 1. The van der Waals surface area contributed by atoms with E-state index in [1.165, 1.54) is 24.9 Å². The summed E-state index contributed by atoms with van der Waals surface area (Å²) >= 11 is 0. The zero-order chi connectivity index (χ0) is 13.2. The van der Waals surface area contributed by atoms with Crippen LogP contribution in [0.5, 0.6) is 0 Å². The van der Waals surface area contributed by atoms with Crippen molar-refractivity contribution in [3.05, 3.63) is 23.8 Å². The fraction of sp³-hybridized carbons (Fsp3) is 0.600. The normalized spacial score (nSPS) is 27.2. The van der Waals surface area contributed by atoms with E-state index in [9.17, 15) is 0 Å². The Kier molecular flexibility index (Phi) is 3.62. The van der Waals surface area contributed by atoms with Crippen LogP contribution in [-0.4, -0.2) is 43.3 Å². The van der Waals surface area contributed by atoms with Gasteiger partial charge in [0, 0.05) is 30.5 Å². The van der Waals surface area contributed by atoms with Crippen LogP contribution < -0.4 is 11.1 Å². The van der Waals surface area contributed by atoms with E-state index >= 15 is 0 Å². The van der Waals surface area contributed by atoms with Gasteiger partial charge in [0.2, 0.25) is 0 Å². The van der Waals surface area contributed by atoms with E-state index in [0.29, 0.717) is 6.04 Å². The van der Waals surface area contributed by atoms with Crippen molar-refractivity contribution in [1.82, 2.24) is 4.90 Å². The van der Waals surface area contributed by atoms with Gasteiger partial charge in [-0.1, -0.05) is 6.07 Å². The average molecular weight is 261 g/mol. The number of rotatable bonds is 3. The minimum Gasteiger partial charge on any atom is -0.399 e. The van der Waals surface area contributed by atoms with E-state index in [2.05, 4.69) is 23.2 Å². The average Bonchev–Trinajstić information content (AvgIpc) is 2.87. The number of anilines is 2. The van der Waals surface area contributed by atoms with Crippen molar-refractivity contribution in [3.8, 4) is 0 Å². The molecule has 4 nitrogen and oxygen atoms in total. The molecule has 2 heterocycles. The molecule has 2 saturated heterocycles. The summed E-state index contributed by atoms with van der Waals surface area (Å²) in [6.45, 7) is 6.14. The lowest BCUT2D eigenvalue weighted by Crippen LogP contribution is -2.48. The van der Waals surface area contributed by atoms with E-state index in [1.807, 2.05) is 12.1 Å². The van der Waals surface area contributed by atoms with E-state index in [0.717, 1.165) is 31.1 Å². The number of nitrogens with one attached hydrogen (secondary N) is 1. The molecule has 0 saturated carbocycles. The van der Waals surface area contributed by atoms with Crippen LogP contribution in [-0.2, 0) is 4.74 Å². The summed E-state index contributed by atoms with van der Waals surface area (Å²) in [5.41, 5.74) is 8.97. The molecule has 0 aliphatic carbocycles. The van der Waals surface area contributed by atoms with Crippen molar-refractivity contribution in [2.75, 3.05) is 37.3 Å². The zero-order valence-electron chi connectivity index (χ0n) is 11.6. The molecule has 2 atom stereocenters. The summed E-state index contributed by atoms with van der Waals surface area (Å²) in [6, 6.07) is 6.66. The van der Waals surface area contributed by atoms with Crippen LogP contribution in [0.1, 0.15) is 18.4 Å². The van der Waals surface area contributed by atoms with Crippen LogP contribution in [0.2, 0.25) is 0 Å². The maximum Gasteiger partial charge on any atom is 0.0874 e. The molecule has 0 aromatic heterocycles. The van der Waals surface area contributed by atoms with E-state index in [4.69, 9.17) is 10.5 Å². The smallest absolute Gasteiger partial charge is 0.0874 e. The Hall–Kier alpha value is -1.26. The first-order chi connectivity index (χ1) is 9.22. The third-order valence-electron chi connectivity index (χ3n) is 4.24. The fourth-order valence-electron chi connectivity index (χ4n) is 3.06. The number of benzene rings is 1. The highest BCUT2D eigenvalue weighted by Gasteiger charge is 2.31. The third-order valence-corrected chi connectivity index (χ3v) is 4.24. The highest BCUT2D eigenvalue weighted by molar-refractivity contribution is 5.59. The fourth-order valence-corrected chi connectivity index (χ4v) is 3.06. The van der Waals surface area contributed by atoms with Crippen LogP contribution >= 0.6 is 0 Å². The molecule has 0 bridgehead atoms. The van der Waals surface area contributed by atoms with Crippen molar-refractivity contribution < 1.29 is 4.74 Å². The predicted molar refractivity (Wildman–Crippen MR) is 78.4 cm³/mol. The molecule has 3 N–H and O–H groups in total. The maximum absolute atomic E-state index is 5.95. The minimum absolute atomic E-state index is 0.287. The number of hydrogen-bond donors (Lipinski definition) is 2. The molecule has 2 aliphatic heterocycles. The van der Waals surface area contributed by atoms with Gasteiger partial charge in [0.25, 0.3) is 0 Å². The molecule has 2 unspecified atom stereocenters. The summed E-state index contributed by atoms with van der Waals surface area (Å²) in [5.74, 6) is 0. The Morgan fingerprint density at radius 1 is 1.47 bits per heavy atom. The molecule has 4 heteroatoms. The highest BCUT2D eigenvalue weighted by atomic mass is 16.5. The first kappa shape index (κ1) is 12.8. The van der Waals surface area contributed by atoms with Crippen LogP contribution in [0.3, 0.4) is 0 Å². The van der Waals surface area contributed by atoms with Gasteiger partial charge in [0.05, 0.1) is 12.7 Å². The van der Waals surface area contributed by atoms with Gasteiger partial charge in [0.1, 0.15) is 0 Å². The van der Waals surface area contributed by atoms with Crippen molar-refractivity contribution >= 4 is 11.4 Å². The maximum atomic E-state index is 5.95. The molecule has 0 amide bonds. The number of hydrogen-bond acceptors (Lipinski definition) is 4. The molecule has 19 heavy (non-hydrogen) atoms. The van der Waals surface area contributed by atoms with Crippen molar-refractivity contribution in [1.29, 1.82) is 0 Å². The van der Waals surface area contributed by atoms with Crippen LogP contribution in [0.15, 0.2) is 18.2 Å². The second-order valence-electron chi connectivity index (χ2n) is 5.70. The summed E-state index contributed by atoms with van der Waals surface area (Å²) in [6.07, 6.45) is 2.91. The van der Waals surface area contributed by atoms with Gasteiger partial charge >= 0.3 is 0 Å². The standard InChI is InChI=1S/C15H23N3O/c1-11-4-5-12(16)7-15(11)17-8-14-9-18-6-2-3-13(18)10-19-14/h4-5,7,13-14,17H,2-3,6,8-10,16H2,1H3. The van der Waals surface area contributed by atoms with Gasteiger partial charge in [-0.2, -0.15) is 0 Å². The van der Waals surface area contributed by atoms with Crippen LogP contribution in [0.4, 0.5) is 11.4 Å². The molecule has 104 valence electrons. The summed E-state index contributed by atoms with van der Waals surface area (Å²) < 4.78 is 5.95. The van der Waals surface area contributed by atoms with Crippen LogP contribution in [0, 0.1) is 6.92 Å². The van der Waals surface area contributed by atoms with Crippen LogP contribution in [0.25, 0.3) is 0 Å². The summed E-state index contributed by atoms with van der Waals surface area (Å²) in [7, 11) is 0. The topological polar surface area (TPSA) is 50.5 Å². The molecule has 0 radical (unpaired) electrons. The molecule has 1 aromatic carbocycles. The van der Waals surface area contributed by atoms with Gasteiger partial charge in [-0.05, 0) is 44.0 Å². The first-order valence-corrected chi connectivity index (χ1v) is 7.18. The Morgan fingerprint density at radius 3 is 3.26 bits per heavy atom. The SMILES string of the molecule is Cc1ccc(N)cc1NCC1CN2CCCC2CO1. The van der Waals surface area contributed by atoms with Gasteiger partial charge in [0.15, 0.2) is 0 Å². The van der Waals surface area contributed by atoms with E-state index in [-0.39, 0.29) is 6.10 Å². The predicted octanol–water partition coefficient (Wildman–Crippen LogP) is 1.85. The first-order valence-electron chi connectivity index (χ1n) is 7.18. The number of nitrogen functional groups attached to an aromatic ring is 1. The second kappa shape index (κ2) is 5.39. The Bertz CT molecular complexity index is 449. The Morgan fingerprint density at radius 2 is 2.37 bits per heavy atom. The Labute approximate surface area is 114 Å². The quantitative estimate of drug-likeness (QED) is 0.815. The molecule has 0 spiro atoms. The monoisotopic (exact) mass is 261 g/mol. The van der Waals surface area contributed by atoms with E-state index in [1.54, 1.807) is 0 Å². The van der Waals surface area contributed by atoms with Gasteiger partial charge in [-0.3, -0.25) is 4.90 Å². The lowest BCUT2D eigenvalue weighted by molar-refractivity contribution is -0.0415. The van der Waals surface area contributed by atoms with Gasteiger partial charge in [-0.15, -0.1) is 0 Å². The number of fused-ring (bicyclic) bond motifs is 1. The molecule has 2 aliphatic rings. The molecule has 1 aromatic rings. The number of nitrogens with two attached hydrogens (primary N) is 1. The van der Waals surface area contributed by atoms with Gasteiger partial charge in [-0.25, -0.2) is 0 Å². The second-order valence-corrected chi connectivity index (χ2v) is 5.70. The lowest BCUT2D eigenvalue weighted by Gasteiger charge is -2.35. The largest absolute Gasteiger partial charge is 0.399 e. The molecule has 2 fully saturated rings. The highest BCUT2D eigenvalue weighted by Crippen LogP contribution is 2.23.